The third-order valence-electron chi connectivity index (χ3n) is 2.48. The van der Waals surface area contributed by atoms with E-state index in [2.05, 4.69) is 10.2 Å². The molecule has 0 aliphatic rings. The summed E-state index contributed by atoms with van der Waals surface area (Å²) in [4.78, 5) is 1.86. The minimum Gasteiger partial charge on any atom is -0.408 e. The number of aryl methyl sites for hydroxylation is 1. The number of hydrogen-bond donors (Lipinski definition) is 1. The molecular weight excluding hydrogens is 216 g/mol. The minimum absolute atomic E-state index is 0.503. The summed E-state index contributed by atoms with van der Waals surface area (Å²) in [7, 11) is 1.90. The molecule has 0 saturated carbocycles. The fourth-order valence-corrected chi connectivity index (χ4v) is 1.50. The Bertz CT molecular complexity index is 455. The number of anilines is 2. The topological polar surface area (TPSA) is 68.2 Å². The Kier molecular flexibility index (Phi) is 3.72. The number of nitrogens with zero attached hydrogens (tertiary/aromatic N) is 3. The second-order valence-electron chi connectivity index (χ2n) is 3.77. The maximum Gasteiger partial charge on any atom is 0.322 e. The van der Waals surface area contributed by atoms with E-state index in [1.54, 1.807) is 0 Å². The van der Waals surface area contributed by atoms with Crippen molar-refractivity contribution in [3.8, 4) is 0 Å². The standard InChI is InChI=1S/C12H16N4O/c1-16(10-6-3-2-4-7-10)12-15-14-11(17-12)8-5-9-13/h2-4,6-7H,5,8-9,13H2,1H3. The molecule has 5 nitrogen and oxygen atoms in total. The third-order valence-corrected chi connectivity index (χ3v) is 2.48. The van der Waals surface area contributed by atoms with Crippen LogP contribution in [0.4, 0.5) is 11.7 Å². The molecule has 0 fully saturated rings. The Labute approximate surface area is 100 Å². The van der Waals surface area contributed by atoms with Crippen LogP contribution in [0, 0.1) is 0 Å². The highest BCUT2D eigenvalue weighted by Gasteiger charge is 2.11. The van der Waals surface area contributed by atoms with Crippen LogP contribution in [0.15, 0.2) is 34.7 Å². The van der Waals surface area contributed by atoms with E-state index in [1.807, 2.05) is 42.3 Å². The molecule has 0 radical (unpaired) electrons. The van der Waals surface area contributed by atoms with Crippen molar-refractivity contribution in [1.82, 2.24) is 10.2 Å². The average Bonchev–Trinajstić information content (AvgIpc) is 2.85. The van der Waals surface area contributed by atoms with Gasteiger partial charge in [-0.25, -0.2) is 0 Å². The van der Waals surface area contributed by atoms with Crippen LogP contribution in [-0.4, -0.2) is 23.8 Å². The Balaban J connectivity index is 2.09. The fourth-order valence-electron chi connectivity index (χ4n) is 1.50. The molecule has 0 unspecified atom stereocenters. The van der Waals surface area contributed by atoms with E-state index in [1.165, 1.54) is 0 Å². The average molecular weight is 232 g/mol. The van der Waals surface area contributed by atoms with E-state index < -0.39 is 0 Å². The molecule has 0 atom stereocenters. The van der Waals surface area contributed by atoms with Gasteiger partial charge in [0.15, 0.2) is 0 Å². The molecule has 0 aliphatic heterocycles. The van der Waals surface area contributed by atoms with Gasteiger partial charge >= 0.3 is 6.01 Å². The number of para-hydroxylation sites is 1. The first-order valence-corrected chi connectivity index (χ1v) is 5.62. The zero-order chi connectivity index (χ0) is 12.1. The summed E-state index contributed by atoms with van der Waals surface area (Å²) in [6, 6.07) is 10.4. The molecule has 1 aromatic carbocycles. The van der Waals surface area contributed by atoms with Gasteiger partial charge in [0.25, 0.3) is 0 Å². The van der Waals surface area contributed by atoms with E-state index in [9.17, 15) is 0 Å². The number of rotatable bonds is 5. The number of aromatic nitrogens is 2. The third kappa shape index (κ3) is 2.82. The van der Waals surface area contributed by atoms with Crippen LogP contribution < -0.4 is 10.6 Å². The van der Waals surface area contributed by atoms with Gasteiger partial charge in [-0.1, -0.05) is 23.3 Å². The molecular formula is C12H16N4O. The van der Waals surface area contributed by atoms with Crippen LogP contribution in [0.25, 0.3) is 0 Å². The van der Waals surface area contributed by atoms with Crippen molar-refractivity contribution in [2.45, 2.75) is 12.8 Å². The first-order valence-electron chi connectivity index (χ1n) is 5.62. The van der Waals surface area contributed by atoms with Crippen LogP contribution in [0.2, 0.25) is 0 Å². The van der Waals surface area contributed by atoms with Crippen LogP contribution in [-0.2, 0) is 6.42 Å². The Morgan fingerprint density at radius 3 is 2.71 bits per heavy atom. The SMILES string of the molecule is CN(c1ccccc1)c1nnc(CCCN)o1. The zero-order valence-electron chi connectivity index (χ0n) is 9.84. The zero-order valence-corrected chi connectivity index (χ0v) is 9.84. The summed E-state index contributed by atoms with van der Waals surface area (Å²) in [5.41, 5.74) is 6.45. The molecule has 1 heterocycles. The van der Waals surface area contributed by atoms with Crippen molar-refractivity contribution in [2.24, 2.45) is 5.73 Å². The van der Waals surface area contributed by atoms with Crippen LogP contribution in [0.1, 0.15) is 12.3 Å². The van der Waals surface area contributed by atoms with Crippen molar-refractivity contribution in [2.75, 3.05) is 18.5 Å². The lowest BCUT2D eigenvalue weighted by Gasteiger charge is -2.13. The largest absolute Gasteiger partial charge is 0.408 e. The molecule has 0 aliphatic carbocycles. The first-order chi connectivity index (χ1) is 8.31. The maximum atomic E-state index is 5.55. The van der Waals surface area contributed by atoms with Crippen molar-refractivity contribution in [1.29, 1.82) is 0 Å². The van der Waals surface area contributed by atoms with E-state index in [0.717, 1.165) is 18.5 Å². The second kappa shape index (κ2) is 5.45. The molecule has 2 rings (SSSR count). The number of benzene rings is 1. The van der Waals surface area contributed by atoms with Gasteiger partial charge in [-0.3, -0.25) is 4.90 Å². The van der Waals surface area contributed by atoms with Gasteiger partial charge < -0.3 is 10.2 Å². The summed E-state index contributed by atoms with van der Waals surface area (Å²) in [6.07, 6.45) is 1.59. The highest BCUT2D eigenvalue weighted by Crippen LogP contribution is 2.21. The molecule has 90 valence electrons. The van der Waals surface area contributed by atoms with Gasteiger partial charge in [0.05, 0.1) is 0 Å². The van der Waals surface area contributed by atoms with Gasteiger partial charge in [0, 0.05) is 19.2 Å². The van der Waals surface area contributed by atoms with Crippen molar-refractivity contribution < 1.29 is 4.42 Å². The molecule has 2 aromatic rings. The molecule has 0 amide bonds. The van der Waals surface area contributed by atoms with Crippen molar-refractivity contribution >= 4 is 11.7 Å². The minimum atomic E-state index is 0.503. The normalized spacial score (nSPS) is 10.5. The summed E-state index contributed by atoms with van der Waals surface area (Å²) < 4.78 is 5.55. The molecule has 0 spiro atoms. The second-order valence-corrected chi connectivity index (χ2v) is 3.77. The monoisotopic (exact) mass is 232 g/mol. The quantitative estimate of drug-likeness (QED) is 0.850. The molecule has 17 heavy (non-hydrogen) atoms. The van der Waals surface area contributed by atoms with E-state index in [4.69, 9.17) is 10.2 Å². The molecule has 2 N–H and O–H groups in total. The smallest absolute Gasteiger partial charge is 0.322 e. The van der Waals surface area contributed by atoms with E-state index in [0.29, 0.717) is 18.5 Å². The number of nitrogens with two attached hydrogens (primary N) is 1. The van der Waals surface area contributed by atoms with Crippen molar-refractivity contribution in [3.05, 3.63) is 36.2 Å². The van der Waals surface area contributed by atoms with Gasteiger partial charge in [-0.2, -0.15) is 0 Å². The van der Waals surface area contributed by atoms with Crippen LogP contribution in [0.3, 0.4) is 0 Å². The highest BCUT2D eigenvalue weighted by atomic mass is 16.4. The van der Waals surface area contributed by atoms with E-state index >= 15 is 0 Å². The molecule has 0 bridgehead atoms. The van der Waals surface area contributed by atoms with Gasteiger partial charge in [0.1, 0.15) is 0 Å². The first kappa shape index (κ1) is 11.6. The summed E-state index contributed by atoms with van der Waals surface area (Å²) in [5, 5.41) is 8.00. The molecule has 1 aromatic heterocycles. The lowest BCUT2D eigenvalue weighted by atomic mass is 10.3. The lowest BCUT2D eigenvalue weighted by molar-refractivity contribution is 0.492. The summed E-state index contributed by atoms with van der Waals surface area (Å²) in [6.45, 7) is 0.631. The van der Waals surface area contributed by atoms with Crippen molar-refractivity contribution in [3.63, 3.8) is 0 Å². The van der Waals surface area contributed by atoms with Crippen LogP contribution >= 0.6 is 0 Å². The number of hydrogen-bond acceptors (Lipinski definition) is 5. The Morgan fingerprint density at radius 1 is 1.24 bits per heavy atom. The summed E-state index contributed by atoms with van der Waals surface area (Å²) >= 11 is 0. The Hall–Kier alpha value is -1.88. The summed E-state index contributed by atoms with van der Waals surface area (Å²) in [5.74, 6) is 0.633. The fraction of sp³-hybridized carbons (Fsp3) is 0.333. The molecule has 0 saturated heterocycles. The Morgan fingerprint density at radius 2 is 2.00 bits per heavy atom. The lowest BCUT2D eigenvalue weighted by Crippen LogP contribution is -2.09. The van der Waals surface area contributed by atoms with E-state index in [-0.39, 0.29) is 0 Å². The maximum absolute atomic E-state index is 5.55. The van der Waals surface area contributed by atoms with Gasteiger partial charge in [0.2, 0.25) is 5.89 Å². The van der Waals surface area contributed by atoms with Crippen LogP contribution in [0.5, 0.6) is 0 Å². The predicted molar refractivity (Wildman–Crippen MR) is 66.2 cm³/mol. The highest BCUT2D eigenvalue weighted by molar-refractivity contribution is 5.54. The molecule has 5 heteroatoms. The predicted octanol–water partition coefficient (Wildman–Crippen LogP) is 1.73. The van der Waals surface area contributed by atoms with Gasteiger partial charge in [-0.05, 0) is 25.1 Å². The van der Waals surface area contributed by atoms with Gasteiger partial charge in [-0.15, -0.1) is 5.10 Å².